The first-order valence-corrected chi connectivity index (χ1v) is 10.3. The fraction of sp³-hybridized carbons (Fsp3) is 0.269. The van der Waals surface area contributed by atoms with Gasteiger partial charge in [0, 0.05) is 11.1 Å². The molecule has 1 atom stereocenters. The van der Waals surface area contributed by atoms with Crippen LogP contribution in [-0.2, 0) is 14.3 Å². The molecule has 0 aromatic heterocycles. The lowest BCUT2D eigenvalue weighted by atomic mass is 9.78. The maximum absolute atomic E-state index is 13.2. The van der Waals surface area contributed by atoms with Gasteiger partial charge in [0.2, 0.25) is 0 Å². The predicted molar refractivity (Wildman–Crippen MR) is 120 cm³/mol. The summed E-state index contributed by atoms with van der Waals surface area (Å²) in [6.07, 6.45) is 6.24. The normalized spacial score (nSPS) is 18.8. The van der Waals surface area contributed by atoms with Crippen LogP contribution >= 0.6 is 0 Å². The van der Waals surface area contributed by atoms with Gasteiger partial charge in [0.05, 0.1) is 25.3 Å². The molecule has 1 fully saturated rings. The fourth-order valence-electron chi connectivity index (χ4n) is 3.69. The number of rotatable bonds is 5. The van der Waals surface area contributed by atoms with E-state index in [9.17, 15) is 14.4 Å². The van der Waals surface area contributed by atoms with E-state index in [4.69, 9.17) is 9.47 Å². The molecule has 0 bridgehead atoms. The molecule has 5 nitrogen and oxygen atoms in total. The van der Waals surface area contributed by atoms with Crippen molar-refractivity contribution in [1.29, 1.82) is 0 Å². The number of hydrogen-bond acceptors (Lipinski definition) is 5. The van der Waals surface area contributed by atoms with Gasteiger partial charge in [0.1, 0.15) is 0 Å². The maximum atomic E-state index is 13.2. The van der Waals surface area contributed by atoms with E-state index in [2.05, 4.69) is 6.92 Å². The smallest absolute Gasteiger partial charge is 0.337 e. The van der Waals surface area contributed by atoms with Gasteiger partial charge in [0.15, 0.2) is 5.78 Å². The third-order valence-electron chi connectivity index (χ3n) is 5.52. The number of allylic oxidation sites excluding steroid dienone is 2. The Balaban J connectivity index is 1.87. The van der Waals surface area contributed by atoms with Crippen LogP contribution in [0.3, 0.4) is 0 Å². The second-order valence-electron chi connectivity index (χ2n) is 7.58. The van der Waals surface area contributed by atoms with Crippen LogP contribution in [0.1, 0.15) is 58.0 Å². The van der Waals surface area contributed by atoms with Crippen LogP contribution in [0.25, 0.3) is 12.2 Å². The maximum Gasteiger partial charge on any atom is 0.337 e. The van der Waals surface area contributed by atoms with Crippen molar-refractivity contribution < 1.29 is 23.9 Å². The molecule has 0 amide bonds. The van der Waals surface area contributed by atoms with Crippen molar-refractivity contribution in [3.8, 4) is 0 Å². The van der Waals surface area contributed by atoms with Crippen LogP contribution in [-0.4, -0.2) is 31.9 Å². The Morgan fingerprint density at radius 2 is 1.19 bits per heavy atom. The molecule has 1 aliphatic carbocycles. The van der Waals surface area contributed by atoms with E-state index >= 15 is 0 Å². The van der Waals surface area contributed by atoms with E-state index in [0.717, 1.165) is 41.5 Å². The van der Waals surface area contributed by atoms with E-state index in [1.807, 2.05) is 36.4 Å². The number of methoxy groups -OCH3 is 2. The predicted octanol–water partition coefficient (Wildman–Crippen LogP) is 5.12. The summed E-state index contributed by atoms with van der Waals surface area (Å²) in [6, 6.07) is 14.1. The summed E-state index contributed by atoms with van der Waals surface area (Å²) < 4.78 is 9.46. The van der Waals surface area contributed by atoms with E-state index in [-0.39, 0.29) is 17.7 Å². The number of Topliss-reactive ketones (excluding diaryl/α,β-unsaturated/α-hetero) is 1. The van der Waals surface area contributed by atoms with Crippen LogP contribution in [0.15, 0.2) is 59.7 Å². The minimum atomic E-state index is -0.387. The molecule has 2 aromatic rings. The first-order valence-electron chi connectivity index (χ1n) is 10.3. The molecular weight excluding hydrogens is 392 g/mol. The second kappa shape index (κ2) is 10.0. The molecule has 160 valence electrons. The first-order chi connectivity index (χ1) is 14.9. The molecule has 31 heavy (non-hydrogen) atoms. The van der Waals surface area contributed by atoms with Gasteiger partial charge in [-0.15, -0.1) is 0 Å². The third kappa shape index (κ3) is 5.37. The quantitative estimate of drug-likeness (QED) is 0.498. The highest BCUT2D eigenvalue weighted by Crippen LogP contribution is 2.34. The highest BCUT2D eigenvalue weighted by atomic mass is 16.5. The number of ether oxygens (including phenoxy) is 2. The van der Waals surface area contributed by atoms with Crippen LogP contribution in [0.5, 0.6) is 0 Å². The number of carbonyl (C=O) groups excluding carboxylic acids is 3. The Labute approximate surface area is 182 Å². The minimum absolute atomic E-state index is 0.0405. The van der Waals surface area contributed by atoms with Crippen molar-refractivity contribution in [1.82, 2.24) is 0 Å². The molecule has 1 saturated carbocycles. The average Bonchev–Trinajstić information content (AvgIpc) is 2.81. The van der Waals surface area contributed by atoms with Crippen LogP contribution < -0.4 is 0 Å². The lowest BCUT2D eigenvalue weighted by Crippen LogP contribution is -2.19. The third-order valence-corrected chi connectivity index (χ3v) is 5.52. The molecule has 0 radical (unpaired) electrons. The molecule has 0 aliphatic heterocycles. The molecule has 0 saturated heterocycles. The van der Waals surface area contributed by atoms with Gasteiger partial charge in [-0.05, 0) is 66.3 Å². The van der Waals surface area contributed by atoms with Crippen molar-refractivity contribution in [3.63, 3.8) is 0 Å². The SMILES string of the molecule is CCC1C/C(=C/c2ccc(C(=O)OC)cc2)C(=O)/C(=C/c2ccc(C(=O)OC)cc2)C1. The molecule has 3 rings (SSSR count). The standard InChI is InChI=1S/C26H26O5/c1-4-17-13-22(15-18-5-9-20(10-6-18)25(28)30-2)24(27)23(14-17)16-19-7-11-21(12-8-19)26(29)31-3/h5-12,15-17H,4,13-14H2,1-3H3/b22-15-,23-16+. The van der Waals surface area contributed by atoms with Crippen LogP contribution in [0.2, 0.25) is 0 Å². The van der Waals surface area contributed by atoms with Crippen molar-refractivity contribution in [3.05, 3.63) is 81.9 Å². The Bertz CT molecular complexity index is 945. The number of ketones is 1. The molecule has 5 heteroatoms. The summed E-state index contributed by atoms with van der Waals surface area (Å²) in [6.45, 7) is 2.13. The molecule has 0 heterocycles. The van der Waals surface area contributed by atoms with E-state index in [1.165, 1.54) is 14.2 Å². The van der Waals surface area contributed by atoms with Gasteiger partial charge in [-0.25, -0.2) is 9.59 Å². The number of carbonyl (C=O) groups is 3. The zero-order valence-electron chi connectivity index (χ0n) is 18.0. The summed E-state index contributed by atoms with van der Waals surface area (Å²) in [5, 5.41) is 0. The molecular formula is C26H26O5. The largest absolute Gasteiger partial charge is 0.465 e. The monoisotopic (exact) mass is 418 g/mol. The Morgan fingerprint density at radius 3 is 1.52 bits per heavy atom. The minimum Gasteiger partial charge on any atom is -0.465 e. The van der Waals surface area contributed by atoms with Crippen molar-refractivity contribution in [2.24, 2.45) is 5.92 Å². The first kappa shape index (κ1) is 22.2. The van der Waals surface area contributed by atoms with Gasteiger partial charge >= 0.3 is 11.9 Å². The van der Waals surface area contributed by atoms with Crippen molar-refractivity contribution >= 4 is 29.9 Å². The molecule has 1 aliphatic rings. The Kier molecular flexibility index (Phi) is 7.19. The van der Waals surface area contributed by atoms with Gasteiger partial charge in [-0.3, -0.25) is 4.79 Å². The average molecular weight is 418 g/mol. The number of esters is 2. The summed E-state index contributed by atoms with van der Waals surface area (Å²) >= 11 is 0. The van der Waals surface area contributed by atoms with Gasteiger partial charge in [-0.1, -0.05) is 37.6 Å². The Morgan fingerprint density at radius 1 is 0.806 bits per heavy atom. The van der Waals surface area contributed by atoms with E-state index < -0.39 is 0 Å². The number of hydrogen-bond donors (Lipinski definition) is 0. The van der Waals surface area contributed by atoms with E-state index in [1.54, 1.807) is 24.3 Å². The number of benzene rings is 2. The summed E-state index contributed by atoms with van der Waals surface area (Å²) in [5.41, 5.74) is 4.22. The topological polar surface area (TPSA) is 69.7 Å². The van der Waals surface area contributed by atoms with Crippen LogP contribution in [0.4, 0.5) is 0 Å². The molecule has 2 aromatic carbocycles. The summed E-state index contributed by atoms with van der Waals surface area (Å²) in [7, 11) is 2.70. The lowest BCUT2D eigenvalue weighted by Gasteiger charge is -2.25. The highest BCUT2D eigenvalue weighted by molar-refractivity contribution is 6.14. The zero-order chi connectivity index (χ0) is 22.4. The second-order valence-corrected chi connectivity index (χ2v) is 7.58. The van der Waals surface area contributed by atoms with Gasteiger partial charge < -0.3 is 9.47 Å². The Hall–Kier alpha value is -3.47. The van der Waals surface area contributed by atoms with Crippen molar-refractivity contribution in [2.45, 2.75) is 26.2 Å². The molecule has 0 N–H and O–H groups in total. The molecule has 0 spiro atoms. The summed E-state index contributed by atoms with van der Waals surface area (Å²) in [4.78, 5) is 36.4. The van der Waals surface area contributed by atoms with Gasteiger partial charge in [0.25, 0.3) is 0 Å². The van der Waals surface area contributed by atoms with E-state index in [0.29, 0.717) is 17.0 Å². The van der Waals surface area contributed by atoms with Gasteiger partial charge in [-0.2, -0.15) is 0 Å². The highest BCUT2D eigenvalue weighted by Gasteiger charge is 2.26. The zero-order valence-corrected chi connectivity index (χ0v) is 18.0. The van der Waals surface area contributed by atoms with Crippen LogP contribution in [0, 0.1) is 5.92 Å². The fourth-order valence-corrected chi connectivity index (χ4v) is 3.69. The lowest BCUT2D eigenvalue weighted by molar-refractivity contribution is -0.113. The molecule has 1 unspecified atom stereocenters. The summed E-state index contributed by atoms with van der Waals surface area (Å²) in [5.74, 6) is -0.345. The van der Waals surface area contributed by atoms with Crippen molar-refractivity contribution in [2.75, 3.05) is 14.2 Å².